The number of quaternary nitrogens is 2. The SMILES string of the molecule is C[N+](C)(C)CCCOc1c(I)cc(CC[N+](C)(C)Cc2ccc(-c3ccccc3)cc2)cc1I. The maximum absolute atomic E-state index is 6.16. The third-order valence-corrected chi connectivity index (χ3v) is 7.56. The summed E-state index contributed by atoms with van der Waals surface area (Å²) >= 11 is 4.86. The molecule has 0 heterocycles. The van der Waals surface area contributed by atoms with Crippen LogP contribution in [0.4, 0.5) is 0 Å². The van der Waals surface area contributed by atoms with Gasteiger partial charge in [-0.2, -0.15) is 0 Å². The highest BCUT2D eigenvalue weighted by Crippen LogP contribution is 2.30. The van der Waals surface area contributed by atoms with Crippen molar-refractivity contribution >= 4 is 45.2 Å². The van der Waals surface area contributed by atoms with Crippen molar-refractivity contribution in [3.05, 3.63) is 85.0 Å². The van der Waals surface area contributed by atoms with Gasteiger partial charge in [-0.15, -0.1) is 0 Å². The van der Waals surface area contributed by atoms with Gasteiger partial charge in [-0.25, -0.2) is 0 Å². The number of nitrogens with zero attached hydrogens (tertiary/aromatic N) is 2. The van der Waals surface area contributed by atoms with E-state index in [2.05, 4.69) is 147 Å². The second kappa shape index (κ2) is 12.2. The van der Waals surface area contributed by atoms with Crippen LogP contribution in [-0.4, -0.2) is 63.9 Å². The number of hydrogen-bond acceptors (Lipinski definition) is 1. The quantitative estimate of drug-likeness (QED) is 0.122. The Balaban J connectivity index is 1.55. The number of halogens is 2. The maximum Gasteiger partial charge on any atom is 0.145 e. The summed E-state index contributed by atoms with van der Waals surface area (Å²) in [6.45, 7) is 4.01. The van der Waals surface area contributed by atoms with E-state index in [4.69, 9.17) is 4.74 Å². The summed E-state index contributed by atoms with van der Waals surface area (Å²) in [4.78, 5) is 0. The van der Waals surface area contributed by atoms with Crippen molar-refractivity contribution in [3.63, 3.8) is 0 Å². The van der Waals surface area contributed by atoms with Crippen molar-refractivity contribution < 1.29 is 13.7 Å². The summed E-state index contributed by atoms with van der Waals surface area (Å²) in [6.07, 6.45) is 2.12. The van der Waals surface area contributed by atoms with Gasteiger partial charge in [0.05, 0.1) is 62.1 Å². The zero-order valence-electron chi connectivity index (χ0n) is 21.2. The monoisotopic (exact) mass is 684 g/mol. The van der Waals surface area contributed by atoms with Crippen LogP contribution in [0.15, 0.2) is 66.7 Å². The van der Waals surface area contributed by atoms with E-state index in [1.165, 1.54) is 29.4 Å². The molecular weight excluding hydrogens is 646 g/mol. The molecule has 0 bridgehead atoms. The van der Waals surface area contributed by atoms with Crippen LogP contribution in [-0.2, 0) is 13.0 Å². The maximum atomic E-state index is 6.16. The first-order valence-corrected chi connectivity index (χ1v) is 14.1. The Morgan fingerprint density at radius 2 is 1.29 bits per heavy atom. The molecule has 0 aliphatic carbocycles. The van der Waals surface area contributed by atoms with E-state index in [9.17, 15) is 0 Å². The molecule has 182 valence electrons. The summed E-state index contributed by atoms with van der Waals surface area (Å²) in [5, 5.41) is 0. The molecule has 0 fully saturated rings. The molecule has 0 saturated carbocycles. The Kier molecular flexibility index (Phi) is 9.83. The van der Waals surface area contributed by atoms with Gasteiger partial charge in [0, 0.05) is 18.4 Å². The first-order valence-electron chi connectivity index (χ1n) is 11.9. The Morgan fingerprint density at radius 1 is 0.706 bits per heavy atom. The molecule has 0 saturated heterocycles. The first-order chi connectivity index (χ1) is 16.0. The van der Waals surface area contributed by atoms with E-state index < -0.39 is 0 Å². The van der Waals surface area contributed by atoms with Crippen LogP contribution < -0.4 is 4.74 Å². The zero-order chi connectivity index (χ0) is 24.8. The minimum absolute atomic E-state index is 0.772. The van der Waals surface area contributed by atoms with Crippen molar-refractivity contribution in [2.45, 2.75) is 19.4 Å². The molecule has 0 aliphatic rings. The van der Waals surface area contributed by atoms with Crippen molar-refractivity contribution in [3.8, 4) is 16.9 Å². The van der Waals surface area contributed by atoms with Gasteiger partial charge in [0.2, 0.25) is 0 Å². The van der Waals surface area contributed by atoms with Crippen molar-refractivity contribution in [1.29, 1.82) is 0 Å². The Bertz CT molecular complexity index is 1030. The first kappa shape index (κ1) is 27.4. The van der Waals surface area contributed by atoms with E-state index in [0.717, 1.165) is 53.8 Å². The predicted molar refractivity (Wildman–Crippen MR) is 161 cm³/mol. The molecule has 0 amide bonds. The molecule has 0 aliphatic heterocycles. The van der Waals surface area contributed by atoms with E-state index in [-0.39, 0.29) is 0 Å². The highest BCUT2D eigenvalue weighted by molar-refractivity contribution is 14.1. The lowest BCUT2D eigenvalue weighted by molar-refractivity contribution is -0.903. The molecule has 0 aromatic heterocycles. The van der Waals surface area contributed by atoms with Crippen LogP contribution in [0.5, 0.6) is 5.75 Å². The number of benzene rings is 3. The Labute approximate surface area is 233 Å². The highest BCUT2D eigenvalue weighted by atomic mass is 127. The third kappa shape index (κ3) is 8.81. The largest absolute Gasteiger partial charge is 0.491 e. The molecule has 0 radical (unpaired) electrons. The summed E-state index contributed by atoms with van der Waals surface area (Å²) in [7, 11) is 11.3. The smallest absolute Gasteiger partial charge is 0.145 e. The van der Waals surface area contributed by atoms with Crippen LogP contribution in [0.3, 0.4) is 0 Å². The lowest BCUT2D eigenvalue weighted by atomic mass is 10.0. The molecule has 0 unspecified atom stereocenters. The molecule has 0 spiro atoms. The normalized spacial score (nSPS) is 12.1. The number of rotatable bonds is 11. The van der Waals surface area contributed by atoms with Gasteiger partial charge in [-0.05, 0) is 74.0 Å². The molecule has 3 rings (SSSR count). The van der Waals surface area contributed by atoms with Crippen LogP contribution in [0, 0.1) is 7.14 Å². The minimum Gasteiger partial charge on any atom is -0.491 e. The molecule has 5 heteroatoms. The third-order valence-electron chi connectivity index (χ3n) is 5.96. The van der Waals surface area contributed by atoms with Crippen molar-refractivity contribution in [2.75, 3.05) is 54.9 Å². The summed E-state index contributed by atoms with van der Waals surface area (Å²) < 4.78 is 10.5. The van der Waals surface area contributed by atoms with Crippen LogP contribution in [0.25, 0.3) is 11.1 Å². The minimum atomic E-state index is 0.772. The van der Waals surface area contributed by atoms with E-state index in [1.807, 2.05) is 0 Å². The summed E-state index contributed by atoms with van der Waals surface area (Å²) in [6, 6.07) is 24.2. The Hall–Kier alpha value is -1.16. The van der Waals surface area contributed by atoms with E-state index in [1.54, 1.807) is 0 Å². The second-order valence-electron chi connectivity index (χ2n) is 10.7. The molecule has 0 N–H and O–H groups in total. The van der Waals surface area contributed by atoms with E-state index >= 15 is 0 Å². The second-order valence-corrected chi connectivity index (χ2v) is 13.1. The predicted octanol–water partition coefficient (Wildman–Crippen LogP) is 6.86. The molecule has 3 nitrogen and oxygen atoms in total. The lowest BCUT2D eigenvalue weighted by Gasteiger charge is -2.30. The summed E-state index contributed by atoms with van der Waals surface area (Å²) in [5.41, 5.74) is 5.32. The van der Waals surface area contributed by atoms with Crippen LogP contribution >= 0.6 is 45.2 Å². The zero-order valence-corrected chi connectivity index (χ0v) is 25.5. The fourth-order valence-electron chi connectivity index (χ4n) is 4.05. The lowest BCUT2D eigenvalue weighted by Crippen LogP contribution is -2.40. The standard InChI is InChI=1S/C29H38I2N2O/c1-32(2,3)17-9-19-34-29-27(30)20-24(21-28(29)31)16-18-33(4,5)22-23-12-14-26(15-13-23)25-10-7-6-8-11-25/h6-8,10-15,20-21H,9,16-19,22H2,1-5H3/q+2. The van der Waals surface area contributed by atoms with E-state index in [0.29, 0.717) is 0 Å². The topological polar surface area (TPSA) is 9.23 Å². The molecule has 34 heavy (non-hydrogen) atoms. The average molecular weight is 684 g/mol. The molecule has 3 aromatic carbocycles. The molecular formula is C29H38I2N2O+2. The van der Waals surface area contributed by atoms with Gasteiger partial charge >= 0.3 is 0 Å². The molecule has 3 aromatic rings. The number of hydrogen-bond donors (Lipinski definition) is 0. The average Bonchev–Trinajstić information content (AvgIpc) is 2.77. The Morgan fingerprint density at radius 3 is 1.88 bits per heavy atom. The highest BCUT2D eigenvalue weighted by Gasteiger charge is 2.18. The van der Waals surface area contributed by atoms with Gasteiger partial charge in [0.15, 0.2) is 0 Å². The fraction of sp³-hybridized carbons (Fsp3) is 0.379. The van der Waals surface area contributed by atoms with Gasteiger partial charge in [0.1, 0.15) is 12.3 Å². The van der Waals surface area contributed by atoms with Gasteiger partial charge < -0.3 is 13.7 Å². The fourth-order valence-corrected chi connectivity index (χ4v) is 6.25. The van der Waals surface area contributed by atoms with Crippen LogP contribution in [0.2, 0.25) is 0 Å². The summed E-state index contributed by atoms with van der Waals surface area (Å²) in [5.74, 6) is 1.04. The van der Waals surface area contributed by atoms with Gasteiger partial charge in [0.25, 0.3) is 0 Å². The molecule has 0 atom stereocenters. The van der Waals surface area contributed by atoms with Crippen molar-refractivity contribution in [2.24, 2.45) is 0 Å². The number of ether oxygens (including phenoxy) is 1. The number of likely N-dealkylation sites (N-methyl/N-ethyl adjacent to an activating group) is 1. The van der Waals surface area contributed by atoms with Gasteiger partial charge in [-0.3, -0.25) is 0 Å². The van der Waals surface area contributed by atoms with Gasteiger partial charge in [-0.1, -0.05) is 54.6 Å². The van der Waals surface area contributed by atoms with Crippen LogP contribution in [0.1, 0.15) is 17.5 Å². The van der Waals surface area contributed by atoms with Crippen molar-refractivity contribution in [1.82, 2.24) is 0 Å².